The molecule has 4 unspecified atom stereocenters. The van der Waals surface area contributed by atoms with Gasteiger partial charge in [-0.3, -0.25) is 19.2 Å². The van der Waals surface area contributed by atoms with Crippen LogP contribution < -0.4 is 27.4 Å². The van der Waals surface area contributed by atoms with E-state index in [2.05, 4.69) is 33.6 Å². The number of benzene rings is 1. The van der Waals surface area contributed by atoms with E-state index in [1.54, 1.807) is 6.20 Å². The minimum atomic E-state index is -1.25. The molecule has 12 nitrogen and oxygen atoms in total. The van der Waals surface area contributed by atoms with Gasteiger partial charge in [0.1, 0.15) is 18.1 Å². The molecule has 13 heteroatoms. The highest BCUT2D eigenvalue weighted by Crippen LogP contribution is 2.19. The van der Waals surface area contributed by atoms with Gasteiger partial charge in [-0.05, 0) is 24.0 Å². The summed E-state index contributed by atoms with van der Waals surface area (Å²) < 4.78 is 0. The summed E-state index contributed by atoms with van der Waals surface area (Å²) in [6.45, 7) is 3.68. The quantitative estimate of drug-likeness (QED) is 0.148. The summed E-state index contributed by atoms with van der Waals surface area (Å²) >= 11 is 4.08. The molecule has 9 N–H and O–H groups in total. The van der Waals surface area contributed by atoms with Gasteiger partial charge in [0.15, 0.2) is 0 Å². The Morgan fingerprint density at radius 3 is 2.16 bits per heavy atom. The number of carboxylic acid groups (broad SMARTS) is 1. The summed E-state index contributed by atoms with van der Waals surface area (Å²) in [5, 5.41) is 18.1. The Labute approximate surface area is 219 Å². The van der Waals surface area contributed by atoms with Crippen molar-refractivity contribution in [2.75, 3.05) is 5.75 Å². The largest absolute Gasteiger partial charge is 0.480 e. The lowest BCUT2D eigenvalue weighted by Crippen LogP contribution is -2.58. The fraction of sp³-hybridized carbons (Fsp3) is 0.458. The van der Waals surface area contributed by atoms with Crippen LogP contribution >= 0.6 is 12.6 Å². The normalized spacial score (nSPS) is 14.4. The Morgan fingerprint density at radius 2 is 1.57 bits per heavy atom. The van der Waals surface area contributed by atoms with Crippen LogP contribution in [0, 0.1) is 5.92 Å². The number of rotatable bonds is 14. The van der Waals surface area contributed by atoms with Crippen molar-refractivity contribution in [1.29, 1.82) is 0 Å². The van der Waals surface area contributed by atoms with Crippen LogP contribution in [0.5, 0.6) is 0 Å². The van der Waals surface area contributed by atoms with Gasteiger partial charge in [0.2, 0.25) is 23.6 Å². The molecule has 1 aromatic carbocycles. The summed E-state index contributed by atoms with van der Waals surface area (Å²) in [7, 11) is 0. The number of carbonyl (C=O) groups is 5. The molecule has 202 valence electrons. The van der Waals surface area contributed by atoms with Crippen molar-refractivity contribution < 1.29 is 29.1 Å². The maximum atomic E-state index is 13.1. The third-order valence-corrected chi connectivity index (χ3v) is 5.99. The number of amides is 4. The molecule has 0 bridgehead atoms. The first kappa shape index (κ1) is 29.6. The van der Waals surface area contributed by atoms with Crippen molar-refractivity contribution >= 4 is 53.1 Å². The van der Waals surface area contributed by atoms with E-state index in [1.165, 1.54) is 0 Å². The smallest absolute Gasteiger partial charge is 0.326 e. The number of para-hydroxylation sites is 1. The number of thiol groups is 1. The maximum absolute atomic E-state index is 13.1. The van der Waals surface area contributed by atoms with Crippen molar-refractivity contribution in [3.63, 3.8) is 0 Å². The van der Waals surface area contributed by atoms with Crippen LogP contribution in [0.3, 0.4) is 0 Å². The number of aromatic nitrogens is 1. The van der Waals surface area contributed by atoms with E-state index in [9.17, 15) is 29.1 Å². The molecular formula is C24H34N6O6S. The fourth-order valence-electron chi connectivity index (χ4n) is 3.75. The predicted molar refractivity (Wildman–Crippen MR) is 141 cm³/mol. The standard InChI is InChI=1S/C24H34N6O6S/c1-12(2)7-17(28-23(34)19(11-37)30-21(32)15(25)9-20(26)31)22(33)29-18(24(35)36)8-13-10-27-16-6-4-3-5-14(13)16/h3-6,10,12,15,17-19,27,37H,7-9,11,25H2,1-2H3,(H2,26,31)(H,28,34)(H,29,33)(H,30,32)(H,35,36). The Morgan fingerprint density at radius 1 is 0.973 bits per heavy atom. The molecule has 0 saturated carbocycles. The van der Waals surface area contributed by atoms with Crippen molar-refractivity contribution in [1.82, 2.24) is 20.9 Å². The number of nitrogens with two attached hydrogens (primary N) is 2. The molecule has 0 aliphatic rings. The molecule has 0 saturated heterocycles. The second-order valence-electron chi connectivity index (χ2n) is 9.17. The molecule has 0 spiro atoms. The first-order valence-electron chi connectivity index (χ1n) is 11.8. The zero-order chi connectivity index (χ0) is 27.7. The number of hydrogen-bond donors (Lipinski definition) is 8. The van der Waals surface area contributed by atoms with Gasteiger partial charge in [0.25, 0.3) is 0 Å². The number of carbonyl (C=O) groups excluding carboxylic acids is 4. The Balaban J connectivity index is 2.12. The highest BCUT2D eigenvalue weighted by atomic mass is 32.1. The SMILES string of the molecule is CC(C)CC(NC(=O)C(CS)NC(=O)C(N)CC(N)=O)C(=O)NC(Cc1c[nH]c2ccccc12)C(=O)O. The van der Waals surface area contributed by atoms with Crippen molar-refractivity contribution in [2.45, 2.75) is 57.3 Å². The topological polar surface area (TPSA) is 209 Å². The predicted octanol–water partition coefficient (Wildman–Crippen LogP) is -0.572. The third kappa shape index (κ3) is 8.79. The maximum Gasteiger partial charge on any atom is 0.326 e. The summed E-state index contributed by atoms with van der Waals surface area (Å²) in [5.41, 5.74) is 12.2. The molecular weight excluding hydrogens is 500 g/mol. The van der Waals surface area contributed by atoms with Gasteiger partial charge in [0.05, 0.1) is 12.5 Å². The van der Waals surface area contributed by atoms with E-state index in [1.807, 2.05) is 38.1 Å². The number of fused-ring (bicyclic) bond motifs is 1. The molecule has 2 aromatic rings. The van der Waals surface area contributed by atoms with Crippen molar-refractivity contribution in [3.8, 4) is 0 Å². The van der Waals surface area contributed by atoms with Crippen LogP contribution in [0.4, 0.5) is 0 Å². The molecule has 37 heavy (non-hydrogen) atoms. The number of aliphatic carboxylic acids is 1. The number of primary amides is 1. The third-order valence-electron chi connectivity index (χ3n) is 5.63. The van der Waals surface area contributed by atoms with Crippen LogP contribution in [-0.4, -0.2) is 69.6 Å². The zero-order valence-electron chi connectivity index (χ0n) is 20.7. The van der Waals surface area contributed by atoms with Gasteiger partial charge in [-0.2, -0.15) is 12.6 Å². The molecule has 0 aliphatic carbocycles. The summed E-state index contributed by atoms with van der Waals surface area (Å²) in [6.07, 6.45) is 1.53. The van der Waals surface area contributed by atoms with Crippen LogP contribution in [0.2, 0.25) is 0 Å². The number of H-pyrrole nitrogens is 1. The zero-order valence-corrected chi connectivity index (χ0v) is 21.6. The molecule has 1 aromatic heterocycles. The molecule has 0 radical (unpaired) electrons. The second kappa shape index (κ2) is 13.7. The van der Waals surface area contributed by atoms with Crippen LogP contribution in [-0.2, 0) is 30.4 Å². The Bertz CT molecular complexity index is 1140. The van der Waals surface area contributed by atoms with E-state index in [-0.39, 0.29) is 24.5 Å². The number of aromatic amines is 1. The average Bonchev–Trinajstić information content (AvgIpc) is 3.23. The molecule has 0 fully saturated rings. The highest BCUT2D eigenvalue weighted by Gasteiger charge is 2.31. The number of nitrogens with one attached hydrogen (secondary N) is 4. The summed E-state index contributed by atoms with van der Waals surface area (Å²) in [5.74, 6) is -4.30. The van der Waals surface area contributed by atoms with Crippen molar-refractivity contribution in [2.24, 2.45) is 17.4 Å². The lowest BCUT2D eigenvalue weighted by atomic mass is 10.0. The molecule has 4 amide bonds. The van der Waals surface area contributed by atoms with Gasteiger partial charge in [-0.1, -0.05) is 32.0 Å². The minimum absolute atomic E-state index is 0.0269. The molecule has 4 atom stereocenters. The average molecular weight is 535 g/mol. The second-order valence-corrected chi connectivity index (χ2v) is 9.54. The van der Waals surface area contributed by atoms with E-state index in [0.717, 1.165) is 16.5 Å². The Kier molecular flexibility index (Phi) is 10.9. The van der Waals surface area contributed by atoms with Crippen LogP contribution in [0.15, 0.2) is 30.5 Å². The summed E-state index contributed by atoms with van der Waals surface area (Å²) in [4.78, 5) is 64.2. The first-order chi connectivity index (χ1) is 17.4. The lowest BCUT2D eigenvalue weighted by molar-refractivity contribution is -0.142. The molecule has 1 heterocycles. The summed E-state index contributed by atoms with van der Waals surface area (Å²) in [6, 6.07) is 2.68. The van der Waals surface area contributed by atoms with E-state index < -0.39 is 60.2 Å². The number of hydrogen-bond acceptors (Lipinski definition) is 7. The first-order valence-corrected chi connectivity index (χ1v) is 12.4. The van der Waals surface area contributed by atoms with E-state index in [0.29, 0.717) is 0 Å². The monoisotopic (exact) mass is 534 g/mol. The van der Waals surface area contributed by atoms with Crippen molar-refractivity contribution in [3.05, 3.63) is 36.0 Å². The highest BCUT2D eigenvalue weighted by molar-refractivity contribution is 7.80. The lowest BCUT2D eigenvalue weighted by Gasteiger charge is -2.25. The molecule has 2 rings (SSSR count). The van der Waals surface area contributed by atoms with Crippen LogP contribution in [0.25, 0.3) is 10.9 Å². The molecule has 0 aliphatic heterocycles. The van der Waals surface area contributed by atoms with Gasteiger partial charge in [0, 0.05) is 29.3 Å². The van der Waals surface area contributed by atoms with Gasteiger partial charge in [-0.15, -0.1) is 0 Å². The van der Waals surface area contributed by atoms with Gasteiger partial charge in [-0.25, -0.2) is 4.79 Å². The van der Waals surface area contributed by atoms with Gasteiger partial charge >= 0.3 is 5.97 Å². The van der Waals surface area contributed by atoms with E-state index >= 15 is 0 Å². The van der Waals surface area contributed by atoms with E-state index in [4.69, 9.17) is 11.5 Å². The fourth-order valence-corrected chi connectivity index (χ4v) is 4.01. The Hall–Kier alpha value is -3.58. The van der Waals surface area contributed by atoms with Gasteiger partial charge < -0.3 is 37.5 Å². The van der Waals surface area contributed by atoms with Crippen LogP contribution in [0.1, 0.15) is 32.3 Å². The number of carboxylic acids is 1. The minimum Gasteiger partial charge on any atom is -0.480 e.